The van der Waals surface area contributed by atoms with Crippen LogP contribution in [-0.2, 0) is 16.6 Å². The Labute approximate surface area is 720 Å². The molecule has 582 valence electrons. The zero-order chi connectivity index (χ0) is 77.8. The maximum Gasteiger partial charge on any atom is 1.00 e. The van der Waals surface area contributed by atoms with E-state index < -0.39 is 0 Å². The van der Waals surface area contributed by atoms with Crippen LogP contribution in [-0.4, -0.2) is 30.1 Å². The molecule has 3 aliphatic rings. The maximum atomic E-state index is 11.5. The van der Waals surface area contributed by atoms with Crippen LogP contribution in [0.5, 0.6) is 0 Å². The number of fused-ring (bicyclic) bond motifs is 11. The van der Waals surface area contributed by atoms with Crippen LogP contribution in [0.25, 0.3) is 86.2 Å². The van der Waals surface area contributed by atoms with Gasteiger partial charge in [-0.2, -0.15) is 10.0 Å². The van der Waals surface area contributed by atoms with E-state index in [9.17, 15) is 9.70 Å². The zero-order valence-corrected chi connectivity index (χ0v) is 69.8. The summed E-state index contributed by atoms with van der Waals surface area (Å²) in [6.45, 7) is 6.43. The first-order valence-electron chi connectivity index (χ1n) is 38.5. The first-order chi connectivity index (χ1) is 54.8. The smallest absolute Gasteiger partial charge is 1.00 e. The molecule has 11 nitrogen and oxygen atoms in total. The summed E-state index contributed by atoms with van der Waals surface area (Å²) in [4.78, 5) is 32.7. The molecular weight excluding hydrogens is 1500 g/mol. The van der Waals surface area contributed by atoms with E-state index in [4.69, 9.17) is 28.3 Å². The number of nitrogens with zero attached hydrogens (tertiary/aromatic N) is 6. The molecule has 0 unspecified atom stereocenters. The van der Waals surface area contributed by atoms with Gasteiger partial charge in [-0.25, -0.2) is 4.58 Å². The van der Waals surface area contributed by atoms with E-state index in [0.29, 0.717) is 11.7 Å². The van der Waals surface area contributed by atoms with E-state index in [-0.39, 0.29) is 67.2 Å². The quantitative estimate of drug-likeness (QED) is 0.0499. The fraction of sp³-hybridized carbons (Fsp3) is 0.168. The molecule has 1 heterocycles. The monoisotopic (exact) mass is 1600 g/mol. The topological polar surface area (TPSA) is 139 Å². The molecule has 16 aromatic rings. The minimum atomic E-state index is 0. The number of hydrogen-bond donors (Lipinski definition) is 1. The Morgan fingerprint density at radius 2 is 0.776 bits per heavy atom. The summed E-state index contributed by atoms with van der Waals surface area (Å²) >= 11 is 5.14. The van der Waals surface area contributed by atoms with Crippen molar-refractivity contribution in [1.29, 1.82) is 0 Å². The number of carbonyl (C=O) groups excluding carboxylic acids is 1. The number of halogens is 3. The summed E-state index contributed by atoms with van der Waals surface area (Å²) in [6, 6.07) is 117. The largest absolute Gasteiger partial charge is 1.00 e. The number of carbonyl (C=O) groups is 1. The fourth-order valence-corrected chi connectivity index (χ4v) is 15.9. The number of hydrogen-bond acceptors (Lipinski definition) is 8. The van der Waals surface area contributed by atoms with Crippen LogP contribution in [0, 0.1) is 20.9 Å². The maximum absolute atomic E-state index is 11.5. The molecule has 0 bridgehead atoms. The number of nitroso groups, excluding NO2 is 1. The minimum Gasteiger partial charge on any atom is -1.00 e. The number of rotatable bonds is 9. The number of quaternary nitrogens is 1. The summed E-state index contributed by atoms with van der Waals surface area (Å²) in [5, 5.41) is 35.6. The van der Waals surface area contributed by atoms with Gasteiger partial charge < -0.3 is 39.8 Å². The van der Waals surface area contributed by atoms with Crippen LogP contribution in [0.4, 0.5) is 34.1 Å². The molecule has 2 aliphatic carbocycles. The summed E-state index contributed by atoms with van der Waals surface area (Å²) in [5.41, 5.74) is 13.3. The van der Waals surface area contributed by atoms with Gasteiger partial charge in [0.25, 0.3) is 0 Å². The third-order valence-corrected chi connectivity index (χ3v) is 22.1. The number of ketones is 1. The van der Waals surface area contributed by atoms with Crippen molar-refractivity contribution in [3.8, 4) is 0 Å². The van der Waals surface area contributed by atoms with Crippen LogP contribution in [0.3, 0.4) is 0 Å². The Morgan fingerprint density at radius 1 is 0.466 bits per heavy atom. The minimum absolute atomic E-state index is 0. The average Bonchev–Trinajstić information content (AvgIpc) is 1.55. The molecule has 19 rings (SSSR count). The van der Waals surface area contributed by atoms with Gasteiger partial charge in [-0.1, -0.05) is 319 Å². The second-order valence-electron chi connectivity index (χ2n) is 29.2. The molecule has 3 N–H and O–H groups in total. The molecule has 16 aromatic carbocycles. The predicted octanol–water partition coefficient (Wildman–Crippen LogP) is 18.1. The van der Waals surface area contributed by atoms with Gasteiger partial charge in [0.2, 0.25) is 5.67 Å². The first kappa shape index (κ1) is 88.9. The van der Waals surface area contributed by atoms with Crippen molar-refractivity contribution >= 4 is 143 Å². The molecular formula is C101H97Cl3N7NaO4. The normalized spacial score (nSPS) is 12.8. The summed E-state index contributed by atoms with van der Waals surface area (Å²) in [5.74, 6) is 5.04. The van der Waals surface area contributed by atoms with Gasteiger partial charge in [-0.3, -0.25) is 10.6 Å². The van der Waals surface area contributed by atoms with Crippen LogP contribution in [0.15, 0.2) is 357 Å². The number of allylic oxidation sites excluding steroid dienone is 1. The average molecular weight is 1600 g/mol. The van der Waals surface area contributed by atoms with E-state index >= 15 is 0 Å². The van der Waals surface area contributed by atoms with Gasteiger partial charge in [-0.05, 0) is 220 Å². The van der Waals surface area contributed by atoms with Crippen molar-refractivity contribution in [3.63, 3.8) is 0 Å². The second-order valence-corrected chi connectivity index (χ2v) is 29.4. The van der Waals surface area contributed by atoms with Crippen molar-refractivity contribution in [1.82, 2.24) is 0 Å². The zero-order valence-electron chi connectivity index (χ0n) is 65.6. The third-order valence-electron chi connectivity index (χ3n) is 21.7. The molecule has 15 heteroatoms. The van der Waals surface area contributed by atoms with E-state index in [0.717, 1.165) is 68.9 Å². The van der Waals surface area contributed by atoms with Crippen molar-refractivity contribution < 1.29 is 69.6 Å². The molecule has 116 heavy (non-hydrogen) atoms. The third kappa shape index (κ3) is 21.5. The van der Waals surface area contributed by atoms with Crippen LogP contribution in [0.2, 0.25) is 0 Å². The number of Topliss-reactive ketones (excluding diaryl/α,β-unsaturated/α-hetero) is 1. The molecule has 2 saturated carbocycles. The molecule has 0 aromatic heterocycles. The Hall–Kier alpha value is -11.1. The van der Waals surface area contributed by atoms with E-state index in [2.05, 4.69) is 265 Å². The van der Waals surface area contributed by atoms with Crippen LogP contribution in [0.1, 0.15) is 95.2 Å². The van der Waals surface area contributed by atoms with E-state index in [1.165, 1.54) is 160 Å². The first-order valence-corrected chi connectivity index (χ1v) is 39.0. The SMILES string of the molecule is C.C=C1N(c2ccc3ccccc3c2)c2ccc3ccccc3c2C12CCCCC2.CC(=O)C1CCCCC1.C[N+](C)=CCl.O=NN(c1ccc2ccccc2c1)c1ccc2ccccc2c1.O=N[O-].[Cl-].[Cl-].[NH3+]N(c1ccc2ccccc2c1)c1ccc2ccccc2c1.[Na+].c1ccc2cc(Cc3ccc4ccccc4c3)ccc2c1. The summed E-state index contributed by atoms with van der Waals surface area (Å²) in [7, 11) is 3.74. The molecule has 0 saturated heterocycles. The van der Waals surface area contributed by atoms with E-state index in [1.807, 2.05) is 104 Å². The summed E-state index contributed by atoms with van der Waals surface area (Å²) in [6.07, 6.45) is 13.5. The van der Waals surface area contributed by atoms with Crippen molar-refractivity contribution in [2.24, 2.45) is 16.5 Å². The van der Waals surface area contributed by atoms with Gasteiger partial charge in [0, 0.05) is 22.7 Å². The molecule has 0 amide bonds. The predicted molar refractivity (Wildman–Crippen MR) is 481 cm³/mol. The van der Waals surface area contributed by atoms with Gasteiger partial charge in [-0.15, -0.1) is 10.2 Å². The van der Waals surface area contributed by atoms with Gasteiger partial charge >= 0.3 is 29.6 Å². The molecule has 2 fully saturated rings. The number of anilines is 6. The van der Waals surface area contributed by atoms with Crippen LogP contribution < -0.4 is 75.1 Å². The molecule has 0 radical (unpaired) electrons. The van der Waals surface area contributed by atoms with Crippen LogP contribution >= 0.6 is 11.6 Å². The number of benzene rings is 16. The van der Waals surface area contributed by atoms with Crippen molar-refractivity contribution in [2.75, 3.05) is 29.0 Å². The standard InChI is InChI=1S/C28H25N.C21H16.C20H14N2O.C20H16N2.C8H14O.C3H7ClN.CH4.2ClH.HNO2.Na/c1-20-28(17-7-2-8-18-28)27-25-12-6-5-10-22(25)14-16-26(27)29(20)24-15-13-21-9-3-4-11-23(21)19-24;1-3-7-20-14-16(9-11-18(20)5-1)13-17-10-12-19-6-2-4-8-21(19)15-17;23-21-22(19-11-9-15-5-1-3-7-17(15)13-19)20-12-10-16-6-2-4-8-18(16)14-20;21-22(19-11-9-15-5-1-3-7-17(15)13-19)20-12-10-16-6-2-4-8-18(16)14-20;1-7(9)8-5-3-2-4-6-8;1-5(2)3-4;;;;2-1-3;/h3-6,9-16,19H,1-2,7-8,17-18H2;1-12,14-15H,13H2;1-14H;1-14H,21H2;8H,2-6H2,1H3;3H,1-2H3;1H4;2*1H;(H,2,3);/q;;;;;+1;;;;;+1/p-2. The molecule has 1 aliphatic heterocycles. The fourth-order valence-electron chi connectivity index (χ4n) is 15.9. The van der Waals surface area contributed by atoms with E-state index in [1.54, 1.807) is 11.5 Å². The Bertz CT molecular complexity index is 5810. The van der Waals surface area contributed by atoms with Gasteiger partial charge in [0.15, 0.2) is 0 Å². The second kappa shape index (κ2) is 43.0. The Balaban J connectivity index is 0.000000165. The van der Waals surface area contributed by atoms with Crippen molar-refractivity contribution in [3.05, 3.63) is 378 Å². The molecule has 0 atom stereocenters. The molecule has 1 spiro atoms. The van der Waals surface area contributed by atoms with Gasteiger partial charge in [0.05, 0.1) is 33.7 Å². The Morgan fingerprint density at radius 3 is 1.15 bits per heavy atom. The summed E-state index contributed by atoms with van der Waals surface area (Å²) < 4.78 is 1.77. The van der Waals surface area contributed by atoms with Crippen molar-refractivity contribution in [2.45, 2.75) is 90.4 Å². The van der Waals surface area contributed by atoms with Gasteiger partial charge in [0.1, 0.15) is 19.9 Å². The Kier molecular flexibility index (Phi) is 33.0.